The Morgan fingerprint density at radius 2 is 0.872 bits per heavy atom. The molecule has 0 atom stereocenters. The number of hydrogen-bond acceptors (Lipinski definition) is 4. The summed E-state index contributed by atoms with van der Waals surface area (Å²) >= 11 is 0. The Bertz CT molecular complexity index is 2120. The average molecular weight is 615 g/mol. The minimum atomic E-state index is 0.749. The number of hydrogen-bond donors (Lipinski definition) is 2. The standard InChI is InChI=1S/C41H38N6/c1-3-12-30(13-4-1)28-46-38-18-9-7-16-34(38)36-22-32(44-26-40(36)46)24-42-20-11-21-43-25-33-23-37-35-17-8-10-19-39(35)47(41(37)27-45-33)29-31-14-5-2-6-15-31/h1-10,12-19,22-23,26-27,42-43H,11,20-21,24-25,28-29H2. The molecule has 8 aromatic rings. The Kier molecular flexibility index (Phi) is 8.18. The molecule has 0 bridgehead atoms. The van der Waals surface area contributed by atoms with Crippen molar-refractivity contribution in [3.63, 3.8) is 0 Å². The molecule has 0 spiro atoms. The largest absolute Gasteiger partial charge is 0.335 e. The first-order chi connectivity index (χ1) is 23.3. The van der Waals surface area contributed by atoms with Gasteiger partial charge in [0, 0.05) is 58.8 Å². The molecule has 6 nitrogen and oxygen atoms in total. The fourth-order valence-electron chi connectivity index (χ4n) is 6.81. The van der Waals surface area contributed by atoms with Gasteiger partial charge in [0.25, 0.3) is 0 Å². The minimum absolute atomic E-state index is 0.749. The summed E-state index contributed by atoms with van der Waals surface area (Å²) in [6.07, 6.45) is 5.11. The van der Waals surface area contributed by atoms with Crippen LogP contribution < -0.4 is 10.6 Å². The molecule has 4 aromatic heterocycles. The van der Waals surface area contributed by atoms with Crippen molar-refractivity contribution in [3.05, 3.63) is 156 Å². The van der Waals surface area contributed by atoms with Crippen LogP contribution in [0.5, 0.6) is 0 Å². The van der Waals surface area contributed by atoms with Crippen LogP contribution in [0.15, 0.2) is 134 Å². The van der Waals surface area contributed by atoms with Crippen LogP contribution in [0.25, 0.3) is 43.6 Å². The van der Waals surface area contributed by atoms with Crippen LogP contribution >= 0.6 is 0 Å². The molecule has 4 heterocycles. The smallest absolute Gasteiger partial charge is 0.0681 e. The Morgan fingerprint density at radius 3 is 1.34 bits per heavy atom. The third-order valence-electron chi connectivity index (χ3n) is 9.12. The van der Waals surface area contributed by atoms with Crippen LogP contribution in [-0.2, 0) is 26.2 Å². The SMILES string of the molecule is c1ccc(Cn2c3ccccc3c3cc(CNCCCNCc4cc5c6ccccc6n(Cc6ccccc6)c5cn4)ncc32)cc1. The minimum Gasteiger partial charge on any atom is -0.335 e. The molecule has 0 unspecified atom stereocenters. The van der Waals surface area contributed by atoms with Crippen LogP contribution in [0.2, 0.25) is 0 Å². The highest BCUT2D eigenvalue weighted by atomic mass is 15.0. The van der Waals surface area contributed by atoms with Gasteiger partial charge in [0.2, 0.25) is 0 Å². The van der Waals surface area contributed by atoms with Gasteiger partial charge >= 0.3 is 0 Å². The maximum Gasteiger partial charge on any atom is 0.0681 e. The molecular weight excluding hydrogens is 576 g/mol. The van der Waals surface area contributed by atoms with Gasteiger partial charge in [-0.3, -0.25) is 9.97 Å². The van der Waals surface area contributed by atoms with Gasteiger partial charge in [-0.1, -0.05) is 97.1 Å². The van der Waals surface area contributed by atoms with Crippen molar-refractivity contribution in [2.24, 2.45) is 0 Å². The summed E-state index contributed by atoms with van der Waals surface area (Å²) in [5.74, 6) is 0. The van der Waals surface area contributed by atoms with E-state index in [9.17, 15) is 0 Å². The quantitative estimate of drug-likeness (QED) is 0.137. The third-order valence-corrected chi connectivity index (χ3v) is 9.12. The van der Waals surface area contributed by atoms with Crippen LogP contribution in [0, 0.1) is 0 Å². The molecule has 232 valence electrons. The number of para-hydroxylation sites is 2. The van der Waals surface area contributed by atoms with Crippen molar-refractivity contribution in [2.45, 2.75) is 32.6 Å². The van der Waals surface area contributed by atoms with E-state index >= 15 is 0 Å². The van der Waals surface area contributed by atoms with E-state index < -0.39 is 0 Å². The zero-order valence-corrected chi connectivity index (χ0v) is 26.4. The molecule has 0 fully saturated rings. The van der Waals surface area contributed by atoms with Crippen molar-refractivity contribution in [1.29, 1.82) is 0 Å². The number of fused-ring (bicyclic) bond motifs is 6. The number of benzene rings is 4. The summed E-state index contributed by atoms with van der Waals surface area (Å²) in [4.78, 5) is 9.68. The second-order valence-electron chi connectivity index (χ2n) is 12.3. The number of nitrogens with zero attached hydrogens (tertiary/aromatic N) is 4. The van der Waals surface area contributed by atoms with E-state index in [0.29, 0.717) is 0 Å². The van der Waals surface area contributed by atoms with Gasteiger partial charge in [0.1, 0.15) is 0 Å². The van der Waals surface area contributed by atoms with Crippen LogP contribution in [0.4, 0.5) is 0 Å². The van der Waals surface area contributed by atoms with E-state index in [4.69, 9.17) is 9.97 Å². The Balaban J connectivity index is 0.875. The van der Waals surface area contributed by atoms with E-state index in [1.807, 2.05) is 12.4 Å². The second kappa shape index (κ2) is 13.2. The summed E-state index contributed by atoms with van der Waals surface area (Å²) < 4.78 is 4.76. The Labute approximate surface area is 274 Å². The molecule has 2 N–H and O–H groups in total. The van der Waals surface area contributed by atoms with Crippen LogP contribution in [-0.4, -0.2) is 32.2 Å². The van der Waals surface area contributed by atoms with Crippen molar-refractivity contribution < 1.29 is 0 Å². The van der Waals surface area contributed by atoms with E-state index in [2.05, 4.69) is 141 Å². The topological polar surface area (TPSA) is 59.7 Å². The van der Waals surface area contributed by atoms with Crippen molar-refractivity contribution >= 4 is 43.6 Å². The summed E-state index contributed by atoms with van der Waals surface area (Å²) in [5.41, 5.74) is 9.56. The lowest BCUT2D eigenvalue weighted by Gasteiger charge is -2.09. The molecule has 4 aromatic carbocycles. The summed E-state index contributed by atoms with van der Waals surface area (Å²) in [7, 11) is 0. The lowest BCUT2D eigenvalue weighted by Crippen LogP contribution is -2.22. The van der Waals surface area contributed by atoms with Crippen molar-refractivity contribution in [3.8, 4) is 0 Å². The molecule has 47 heavy (non-hydrogen) atoms. The first-order valence-corrected chi connectivity index (χ1v) is 16.5. The predicted molar refractivity (Wildman–Crippen MR) is 194 cm³/mol. The number of aromatic nitrogens is 4. The molecule has 0 amide bonds. The lowest BCUT2D eigenvalue weighted by molar-refractivity contribution is 0.588. The van der Waals surface area contributed by atoms with Crippen molar-refractivity contribution in [2.75, 3.05) is 13.1 Å². The highest BCUT2D eigenvalue weighted by Gasteiger charge is 2.13. The van der Waals surface area contributed by atoms with Crippen LogP contribution in [0.3, 0.4) is 0 Å². The molecular formula is C41H38N6. The summed E-state index contributed by atoms with van der Waals surface area (Å²) in [5, 5.41) is 12.3. The van der Waals surface area contributed by atoms with Gasteiger partial charge in [-0.15, -0.1) is 0 Å². The Hall–Kier alpha value is -5.30. The van der Waals surface area contributed by atoms with E-state index in [1.165, 1.54) is 54.7 Å². The molecule has 0 aliphatic carbocycles. The van der Waals surface area contributed by atoms with Gasteiger partial charge in [-0.05, 0) is 54.9 Å². The number of pyridine rings is 2. The highest BCUT2D eigenvalue weighted by molar-refractivity contribution is 6.08. The van der Waals surface area contributed by atoms with Gasteiger partial charge in [0.15, 0.2) is 0 Å². The summed E-state index contributed by atoms with van der Waals surface area (Å²) in [6.45, 7) is 5.00. The molecule has 0 saturated carbocycles. The Morgan fingerprint density at radius 1 is 0.447 bits per heavy atom. The third kappa shape index (κ3) is 6.01. The number of nitrogens with one attached hydrogen (secondary N) is 2. The normalized spacial score (nSPS) is 11.7. The van der Waals surface area contributed by atoms with Gasteiger partial charge in [-0.2, -0.15) is 0 Å². The number of rotatable bonds is 12. The predicted octanol–water partition coefficient (Wildman–Crippen LogP) is 8.06. The van der Waals surface area contributed by atoms with Crippen molar-refractivity contribution in [1.82, 2.24) is 29.7 Å². The second-order valence-corrected chi connectivity index (χ2v) is 12.3. The summed E-state index contributed by atoms with van der Waals surface area (Å²) in [6, 6.07) is 43.1. The first-order valence-electron chi connectivity index (χ1n) is 16.5. The van der Waals surface area contributed by atoms with E-state index in [1.54, 1.807) is 0 Å². The molecule has 8 rings (SSSR count). The fraction of sp³-hybridized carbons (Fsp3) is 0.171. The fourth-order valence-corrected chi connectivity index (χ4v) is 6.81. The van der Waals surface area contributed by atoms with Crippen LogP contribution in [0.1, 0.15) is 28.9 Å². The first kappa shape index (κ1) is 29.1. The van der Waals surface area contributed by atoms with Gasteiger partial charge in [0.05, 0.1) is 34.8 Å². The molecule has 0 saturated heterocycles. The molecule has 6 heteroatoms. The molecule has 0 radical (unpaired) electrons. The molecule has 0 aliphatic rings. The zero-order valence-electron chi connectivity index (χ0n) is 26.4. The monoisotopic (exact) mass is 614 g/mol. The maximum absolute atomic E-state index is 4.84. The van der Waals surface area contributed by atoms with Gasteiger partial charge < -0.3 is 19.8 Å². The average Bonchev–Trinajstić information content (AvgIpc) is 3.60. The van der Waals surface area contributed by atoms with E-state index in [-0.39, 0.29) is 0 Å². The highest BCUT2D eigenvalue weighted by Crippen LogP contribution is 2.31. The van der Waals surface area contributed by atoms with E-state index in [0.717, 1.165) is 57.1 Å². The van der Waals surface area contributed by atoms with Gasteiger partial charge in [-0.25, -0.2) is 0 Å². The lowest BCUT2D eigenvalue weighted by atomic mass is 10.1. The maximum atomic E-state index is 4.84. The molecule has 0 aliphatic heterocycles. The zero-order chi connectivity index (χ0) is 31.4.